The van der Waals surface area contributed by atoms with Crippen molar-refractivity contribution in [3.8, 4) is 0 Å². The summed E-state index contributed by atoms with van der Waals surface area (Å²) in [5, 5.41) is 0. The maximum Gasteiger partial charge on any atom is 0.138 e. The van der Waals surface area contributed by atoms with E-state index in [0.29, 0.717) is 18.3 Å². The molecule has 0 amide bonds. The summed E-state index contributed by atoms with van der Waals surface area (Å²) in [6.07, 6.45) is 9.60. The Morgan fingerprint density at radius 2 is 2.14 bits per heavy atom. The van der Waals surface area contributed by atoms with Crippen LogP contribution in [-0.4, -0.2) is 19.0 Å². The van der Waals surface area contributed by atoms with Gasteiger partial charge in [-0.1, -0.05) is 12.2 Å². The number of allylic oxidation sites excluding steroid dienone is 2. The number of fused-ring (bicyclic) bond motifs is 1. The molecule has 1 saturated heterocycles. The highest BCUT2D eigenvalue weighted by Crippen LogP contribution is 2.27. The highest BCUT2D eigenvalue weighted by Gasteiger charge is 2.32. The maximum atomic E-state index is 11.8. The molecule has 2 heteroatoms. The van der Waals surface area contributed by atoms with Gasteiger partial charge in [0.05, 0.1) is 13.2 Å². The second kappa shape index (κ2) is 4.74. The van der Waals surface area contributed by atoms with Gasteiger partial charge in [-0.3, -0.25) is 4.79 Å². The number of carbonyl (C=O) groups excluding carboxylic acids is 1. The molecule has 2 aliphatic rings. The van der Waals surface area contributed by atoms with Crippen LogP contribution in [0, 0.1) is 11.8 Å². The minimum atomic E-state index is 0.192. The van der Waals surface area contributed by atoms with Crippen molar-refractivity contribution in [2.75, 3.05) is 13.2 Å². The van der Waals surface area contributed by atoms with E-state index in [9.17, 15) is 4.79 Å². The van der Waals surface area contributed by atoms with Crippen LogP contribution in [0.5, 0.6) is 0 Å². The molecule has 0 unspecified atom stereocenters. The zero-order valence-corrected chi connectivity index (χ0v) is 8.58. The Morgan fingerprint density at radius 1 is 1.21 bits per heavy atom. The predicted octanol–water partition coefficient (Wildman–Crippen LogP) is 2.34. The summed E-state index contributed by atoms with van der Waals surface area (Å²) in [7, 11) is 0. The van der Waals surface area contributed by atoms with Crippen LogP contribution in [0.4, 0.5) is 0 Å². The van der Waals surface area contributed by atoms with Gasteiger partial charge in [0.25, 0.3) is 0 Å². The first kappa shape index (κ1) is 9.91. The Labute approximate surface area is 85.3 Å². The molecule has 2 nitrogen and oxygen atoms in total. The largest absolute Gasteiger partial charge is 0.380 e. The molecule has 0 bridgehead atoms. The van der Waals surface area contributed by atoms with Crippen LogP contribution < -0.4 is 0 Å². The number of hydrogen-bond acceptors (Lipinski definition) is 2. The minimum Gasteiger partial charge on any atom is -0.380 e. The van der Waals surface area contributed by atoms with Crippen molar-refractivity contribution >= 4 is 5.78 Å². The van der Waals surface area contributed by atoms with Gasteiger partial charge in [0.15, 0.2) is 0 Å². The SMILES string of the molecule is O=C1CCCC/C=C/C[C@H]2COC[C@H]12. The molecule has 1 fully saturated rings. The summed E-state index contributed by atoms with van der Waals surface area (Å²) in [6, 6.07) is 0. The Kier molecular flexibility index (Phi) is 3.35. The van der Waals surface area contributed by atoms with E-state index in [4.69, 9.17) is 4.74 Å². The van der Waals surface area contributed by atoms with E-state index in [2.05, 4.69) is 12.2 Å². The third kappa shape index (κ3) is 2.24. The zero-order chi connectivity index (χ0) is 9.80. The first-order chi connectivity index (χ1) is 6.88. The molecule has 0 spiro atoms. The van der Waals surface area contributed by atoms with Crippen LogP contribution in [-0.2, 0) is 9.53 Å². The van der Waals surface area contributed by atoms with Crippen molar-refractivity contribution in [3.05, 3.63) is 12.2 Å². The fourth-order valence-electron chi connectivity index (χ4n) is 2.32. The van der Waals surface area contributed by atoms with Crippen molar-refractivity contribution in [2.24, 2.45) is 11.8 Å². The summed E-state index contributed by atoms with van der Waals surface area (Å²) < 4.78 is 5.40. The first-order valence-electron chi connectivity index (χ1n) is 5.63. The van der Waals surface area contributed by atoms with Gasteiger partial charge in [-0.15, -0.1) is 0 Å². The van der Waals surface area contributed by atoms with E-state index in [0.717, 1.165) is 38.7 Å². The average Bonchev–Trinajstić information content (AvgIpc) is 2.64. The molecule has 2 atom stereocenters. The zero-order valence-electron chi connectivity index (χ0n) is 8.58. The number of ketones is 1. The molecule has 78 valence electrons. The highest BCUT2D eigenvalue weighted by atomic mass is 16.5. The number of ether oxygens (including phenoxy) is 1. The minimum absolute atomic E-state index is 0.192. The fourth-order valence-corrected chi connectivity index (χ4v) is 2.32. The topological polar surface area (TPSA) is 26.3 Å². The van der Waals surface area contributed by atoms with Gasteiger partial charge in [-0.25, -0.2) is 0 Å². The molecular weight excluding hydrogens is 176 g/mol. The van der Waals surface area contributed by atoms with Crippen LogP contribution >= 0.6 is 0 Å². The van der Waals surface area contributed by atoms with E-state index in [1.54, 1.807) is 0 Å². The van der Waals surface area contributed by atoms with Crippen LogP contribution in [0.15, 0.2) is 12.2 Å². The summed E-state index contributed by atoms with van der Waals surface area (Å²) in [4.78, 5) is 11.8. The van der Waals surface area contributed by atoms with Crippen molar-refractivity contribution < 1.29 is 9.53 Å². The van der Waals surface area contributed by atoms with Crippen molar-refractivity contribution in [3.63, 3.8) is 0 Å². The molecule has 2 rings (SSSR count). The number of rotatable bonds is 0. The predicted molar refractivity (Wildman–Crippen MR) is 55.0 cm³/mol. The van der Waals surface area contributed by atoms with E-state index in [1.165, 1.54) is 0 Å². The van der Waals surface area contributed by atoms with Crippen molar-refractivity contribution in [1.29, 1.82) is 0 Å². The molecule has 1 heterocycles. The second-order valence-electron chi connectivity index (χ2n) is 4.32. The van der Waals surface area contributed by atoms with E-state index >= 15 is 0 Å². The molecule has 0 aromatic carbocycles. The number of carbonyl (C=O) groups is 1. The smallest absolute Gasteiger partial charge is 0.138 e. The van der Waals surface area contributed by atoms with Crippen LogP contribution in [0.25, 0.3) is 0 Å². The lowest BCUT2D eigenvalue weighted by atomic mass is 9.86. The lowest BCUT2D eigenvalue weighted by Crippen LogP contribution is -2.22. The maximum absolute atomic E-state index is 11.8. The molecule has 0 aromatic rings. The first-order valence-corrected chi connectivity index (χ1v) is 5.63. The molecule has 0 saturated carbocycles. The quantitative estimate of drug-likeness (QED) is 0.553. The van der Waals surface area contributed by atoms with Gasteiger partial charge in [0.1, 0.15) is 5.78 Å². The van der Waals surface area contributed by atoms with E-state index in [-0.39, 0.29) is 5.92 Å². The Morgan fingerprint density at radius 3 is 3.07 bits per heavy atom. The van der Waals surface area contributed by atoms with Crippen LogP contribution in [0.3, 0.4) is 0 Å². The summed E-state index contributed by atoms with van der Waals surface area (Å²) >= 11 is 0. The van der Waals surface area contributed by atoms with Gasteiger partial charge < -0.3 is 4.74 Å². The lowest BCUT2D eigenvalue weighted by Gasteiger charge is -2.15. The fraction of sp³-hybridized carbons (Fsp3) is 0.750. The van der Waals surface area contributed by atoms with Gasteiger partial charge in [0.2, 0.25) is 0 Å². The van der Waals surface area contributed by atoms with Gasteiger partial charge >= 0.3 is 0 Å². The monoisotopic (exact) mass is 194 g/mol. The standard InChI is InChI=1S/C12H18O2/c13-12-7-5-3-1-2-4-6-10-8-14-9-11(10)12/h2,4,10-11H,1,3,5-9H2/b4-2+/t10-,11-/m0/s1. The second-order valence-corrected chi connectivity index (χ2v) is 4.32. The normalized spacial score (nSPS) is 36.4. The molecule has 1 aliphatic heterocycles. The number of hydrogen-bond donors (Lipinski definition) is 0. The molecule has 0 radical (unpaired) electrons. The number of Topliss-reactive ketones (excluding diaryl/α,β-unsaturated/α-hetero) is 1. The van der Waals surface area contributed by atoms with Crippen molar-refractivity contribution in [1.82, 2.24) is 0 Å². The van der Waals surface area contributed by atoms with Crippen molar-refractivity contribution in [2.45, 2.75) is 32.1 Å². The van der Waals surface area contributed by atoms with Gasteiger partial charge in [-0.05, 0) is 31.6 Å². The molecule has 14 heavy (non-hydrogen) atoms. The van der Waals surface area contributed by atoms with E-state index in [1.807, 2.05) is 0 Å². The Balaban J connectivity index is 2.03. The summed E-state index contributed by atoms with van der Waals surface area (Å²) in [5.41, 5.74) is 0. The third-order valence-electron chi connectivity index (χ3n) is 3.26. The van der Waals surface area contributed by atoms with Crippen LogP contribution in [0.2, 0.25) is 0 Å². The molecule has 0 aromatic heterocycles. The average molecular weight is 194 g/mol. The Hall–Kier alpha value is -0.630. The summed E-state index contributed by atoms with van der Waals surface area (Å²) in [5.74, 6) is 1.08. The summed E-state index contributed by atoms with van der Waals surface area (Å²) in [6.45, 7) is 1.44. The molecule has 0 N–H and O–H groups in total. The highest BCUT2D eigenvalue weighted by molar-refractivity contribution is 5.81. The Bertz CT molecular complexity index is 232. The van der Waals surface area contributed by atoms with E-state index < -0.39 is 0 Å². The van der Waals surface area contributed by atoms with Gasteiger partial charge in [0, 0.05) is 12.3 Å². The third-order valence-corrected chi connectivity index (χ3v) is 3.26. The lowest BCUT2D eigenvalue weighted by molar-refractivity contribution is -0.123. The van der Waals surface area contributed by atoms with Gasteiger partial charge in [-0.2, -0.15) is 0 Å². The molecule has 1 aliphatic carbocycles. The van der Waals surface area contributed by atoms with Crippen LogP contribution in [0.1, 0.15) is 32.1 Å². The molecular formula is C12H18O2.